The largest absolute Gasteiger partial charge is 0.316 e. The maximum Gasteiger partial charge on any atom is 0.121 e. The molecule has 0 unspecified atom stereocenters. The van der Waals surface area contributed by atoms with Gasteiger partial charge in [0, 0.05) is 23.7 Å². The van der Waals surface area contributed by atoms with Gasteiger partial charge in [0.15, 0.2) is 0 Å². The van der Waals surface area contributed by atoms with Gasteiger partial charge >= 0.3 is 0 Å². The second kappa shape index (κ2) is 8.04. The molecule has 3 nitrogen and oxygen atoms in total. The Balaban J connectivity index is 1.87. The third-order valence-corrected chi connectivity index (χ3v) is 5.88. The second-order valence-corrected chi connectivity index (χ2v) is 7.60. The fourth-order valence-corrected chi connectivity index (χ4v) is 4.49. The molecule has 0 saturated carbocycles. The van der Waals surface area contributed by atoms with Gasteiger partial charge in [0.25, 0.3) is 0 Å². The van der Waals surface area contributed by atoms with Crippen LogP contribution in [0, 0.1) is 6.92 Å². The highest BCUT2D eigenvalue weighted by Gasteiger charge is 2.39. The highest BCUT2D eigenvalue weighted by molar-refractivity contribution is 5.62. The molecule has 0 N–H and O–H groups in total. The Labute approximate surface area is 182 Å². The van der Waals surface area contributed by atoms with E-state index in [1.54, 1.807) is 6.20 Å². The molecule has 31 heavy (non-hydrogen) atoms. The van der Waals surface area contributed by atoms with Crippen molar-refractivity contribution in [2.45, 2.75) is 12.5 Å². The zero-order valence-corrected chi connectivity index (χ0v) is 17.4. The molecule has 0 atom stereocenters. The summed E-state index contributed by atoms with van der Waals surface area (Å²) < 4.78 is 2.30. The van der Waals surface area contributed by atoms with E-state index in [1.165, 1.54) is 16.7 Å². The van der Waals surface area contributed by atoms with Gasteiger partial charge in [-0.25, -0.2) is 4.98 Å². The molecule has 0 spiro atoms. The van der Waals surface area contributed by atoms with Gasteiger partial charge in [0.05, 0.1) is 12.0 Å². The molecule has 2 aromatic heterocycles. The van der Waals surface area contributed by atoms with Crippen molar-refractivity contribution in [3.8, 4) is 11.3 Å². The minimum absolute atomic E-state index is 0.554. The molecule has 0 aliphatic carbocycles. The molecule has 0 aliphatic heterocycles. The van der Waals surface area contributed by atoms with Crippen LogP contribution in [0.5, 0.6) is 0 Å². The molecule has 150 valence electrons. The molecule has 5 aromatic rings. The topological polar surface area (TPSA) is 30.7 Å². The first-order chi connectivity index (χ1) is 15.3. The molecule has 3 aromatic carbocycles. The van der Waals surface area contributed by atoms with E-state index in [0.717, 1.165) is 17.0 Å². The first-order valence-corrected chi connectivity index (χ1v) is 10.4. The third-order valence-electron chi connectivity index (χ3n) is 5.88. The average Bonchev–Trinajstić information content (AvgIpc) is 3.24. The van der Waals surface area contributed by atoms with Gasteiger partial charge in [-0.15, -0.1) is 0 Å². The van der Waals surface area contributed by atoms with Crippen LogP contribution in [0.15, 0.2) is 122 Å². The predicted octanol–water partition coefficient (Wildman–Crippen LogP) is 6.09. The van der Waals surface area contributed by atoms with Crippen molar-refractivity contribution in [1.29, 1.82) is 0 Å². The van der Waals surface area contributed by atoms with Crippen LogP contribution in [-0.2, 0) is 5.54 Å². The van der Waals surface area contributed by atoms with E-state index in [1.807, 2.05) is 18.6 Å². The lowest BCUT2D eigenvalue weighted by molar-refractivity contribution is 0.504. The Bertz CT molecular complexity index is 1160. The molecule has 5 rings (SSSR count). The molecule has 3 heteroatoms. The number of rotatable bonds is 5. The van der Waals surface area contributed by atoms with Crippen LogP contribution in [0.3, 0.4) is 0 Å². The number of nitrogens with zero attached hydrogens (tertiary/aromatic N) is 3. The maximum absolute atomic E-state index is 4.85. The van der Waals surface area contributed by atoms with Gasteiger partial charge in [0.1, 0.15) is 5.54 Å². The van der Waals surface area contributed by atoms with Gasteiger partial charge in [-0.2, -0.15) is 0 Å². The number of benzene rings is 3. The minimum Gasteiger partial charge on any atom is -0.316 e. The van der Waals surface area contributed by atoms with Crippen molar-refractivity contribution in [3.05, 3.63) is 144 Å². The van der Waals surface area contributed by atoms with Crippen molar-refractivity contribution in [2.75, 3.05) is 0 Å². The molecule has 0 saturated heterocycles. The van der Waals surface area contributed by atoms with Crippen molar-refractivity contribution < 1.29 is 0 Å². The Kier molecular flexibility index (Phi) is 4.93. The number of imidazole rings is 1. The van der Waals surface area contributed by atoms with Crippen molar-refractivity contribution in [3.63, 3.8) is 0 Å². The summed E-state index contributed by atoms with van der Waals surface area (Å²) in [5.41, 5.74) is 6.05. The quantitative estimate of drug-likeness (QED) is 0.334. The smallest absolute Gasteiger partial charge is 0.121 e. The second-order valence-electron chi connectivity index (χ2n) is 7.60. The van der Waals surface area contributed by atoms with E-state index in [0.29, 0.717) is 0 Å². The summed E-state index contributed by atoms with van der Waals surface area (Å²) in [6, 6.07) is 36.0. The molecule has 0 aliphatic rings. The summed E-state index contributed by atoms with van der Waals surface area (Å²) in [4.78, 5) is 9.15. The van der Waals surface area contributed by atoms with E-state index in [2.05, 4.69) is 114 Å². The summed E-state index contributed by atoms with van der Waals surface area (Å²) in [6.07, 6.45) is 5.62. The van der Waals surface area contributed by atoms with Gasteiger partial charge < -0.3 is 4.57 Å². The minimum atomic E-state index is -0.554. The summed E-state index contributed by atoms with van der Waals surface area (Å²) in [5, 5.41) is 0. The van der Waals surface area contributed by atoms with E-state index in [9.17, 15) is 0 Å². The standard InChI is InChI=1S/C28H23N3/c1-22-27(23-12-11-19-29-20-23)30-21-31(22)28(24-13-5-2-6-14-24,25-15-7-3-8-16-25)26-17-9-4-10-18-26/h2-21H,1H3. The van der Waals surface area contributed by atoms with Crippen LogP contribution < -0.4 is 0 Å². The monoisotopic (exact) mass is 401 g/mol. The highest BCUT2D eigenvalue weighted by Crippen LogP contribution is 2.42. The van der Waals surface area contributed by atoms with Gasteiger partial charge in [-0.3, -0.25) is 4.98 Å². The van der Waals surface area contributed by atoms with E-state index >= 15 is 0 Å². The fraction of sp³-hybridized carbons (Fsp3) is 0.0714. The fourth-order valence-electron chi connectivity index (χ4n) is 4.49. The van der Waals surface area contributed by atoms with E-state index in [4.69, 9.17) is 4.98 Å². The predicted molar refractivity (Wildman–Crippen MR) is 125 cm³/mol. The number of hydrogen-bond acceptors (Lipinski definition) is 2. The Morgan fingerprint density at radius 2 is 1.16 bits per heavy atom. The van der Waals surface area contributed by atoms with Crippen LogP contribution in [-0.4, -0.2) is 14.5 Å². The molecule has 2 heterocycles. The van der Waals surface area contributed by atoms with Gasteiger partial charge in [-0.05, 0) is 35.7 Å². The number of pyridine rings is 1. The van der Waals surface area contributed by atoms with E-state index in [-0.39, 0.29) is 0 Å². The molecular formula is C28H23N3. The van der Waals surface area contributed by atoms with Crippen LogP contribution in [0.1, 0.15) is 22.4 Å². The third kappa shape index (κ3) is 3.15. The summed E-state index contributed by atoms with van der Waals surface area (Å²) in [6.45, 7) is 2.14. The maximum atomic E-state index is 4.85. The average molecular weight is 402 g/mol. The SMILES string of the molecule is Cc1c(-c2cccnc2)ncn1C(c1ccccc1)(c1ccccc1)c1ccccc1. The van der Waals surface area contributed by atoms with Gasteiger partial charge in [0.2, 0.25) is 0 Å². The zero-order valence-electron chi connectivity index (χ0n) is 17.4. The lowest BCUT2D eigenvalue weighted by atomic mass is 9.76. The lowest BCUT2D eigenvalue weighted by Crippen LogP contribution is -2.38. The lowest BCUT2D eigenvalue weighted by Gasteiger charge is -2.38. The van der Waals surface area contributed by atoms with Crippen LogP contribution in [0.2, 0.25) is 0 Å². The first-order valence-electron chi connectivity index (χ1n) is 10.4. The Hall–Kier alpha value is -3.98. The summed E-state index contributed by atoms with van der Waals surface area (Å²) >= 11 is 0. The van der Waals surface area contributed by atoms with Crippen molar-refractivity contribution in [2.24, 2.45) is 0 Å². The molecule has 0 bridgehead atoms. The summed E-state index contributed by atoms with van der Waals surface area (Å²) in [7, 11) is 0. The molecule has 0 radical (unpaired) electrons. The summed E-state index contributed by atoms with van der Waals surface area (Å²) in [5.74, 6) is 0. The van der Waals surface area contributed by atoms with E-state index < -0.39 is 5.54 Å². The Morgan fingerprint density at radius 1 is 0.645 bits per heavy atom. The first kappa shape index (κ1) is 19.0. The highest BCUT2D eigenvalue weighted by atomic mass is 15.1. The zero-order chi connectivity index (χ0) is 21.1. The molecule has 0 fully saturated rings. The molecule has 0 amide bonds. The normalized spacial score (nSPS) is 11.4. The number of aromatic nitrogens is 3. The molecular weight excluding hydrogens is 378 g/mol. The van der Waals surface area contributed by atoms with Gasteiger partial charge in [-0.1, -0.05) is 91.0 Å². The van der Waals surface area contributed by atoms with Crippen molar-refractivity contribution >= 4 is 0 Å². The van der Waals surface area contributed by atoms with Crippen LogP contribution >= 0.6 is 0 Å². The van der Waals surface area contributed by atoms with Crippen molar-refractivity contribution in [1.82, 2.24) is 14.5 Å². The number of hydrogen-bond donors (Lipinski definition) is 0. The van der Waals surface area contributed by atoms with Crippen LogP contribution in [0.4, 0.5) is 0 Å². The van der Waals surface area contributed by atoms with Crippen LogP contribution in [0.25, 0.3) is 11.3 Å². The Morgan fingerprint density at radius 3 is 1.61 bits per heavy atom.